The Bertz CT molecular complexity index is 187. The number of likely N-dealkylation sites (tertiary alicyclic amines) is 1. The van der Waals surface area contributed by atoms with Gasteiger partial charge in [-0.25, -0.2) is 0 Å². The van der Waals surface area contributed by atoms with Crippen molar-refractivity contribution in [1.82, 2.24) is 4.90 Å². The summed E-state index contributed by atoms with van der Waals surface area (Å²) in [6, 6.07) is 0.704. The Morgan fingerprint density at radius 3 is 2.57 bits per heavy atom. The van der Waals surface area contributed by atoms with E-state index in [1.54, 1.807) is 0 Å². The summed E-state index contributed by atoms with van der Waals surface area (Å²) in [5.41, 5.74) is 0. The van der Waals surface area contributed by atoms with E-state index >= 15 is 0 Å². The van der Waals surface area contributed by atoms with Gasteiger partial charge in [-0.3, -0.25) is 4.90 Å². The maximum Gasteiger partial charge on any atom is 0.0474 e. The number of rotatable bonds is 3. The summed E-state index contributed by atoms with van der Waals surface area (Å²) in [5.74, 6) is 2.32. The molecule has 2 fully saturated rings. The first-order valence-electron chi connectivity index (χ1n) is 6.07. The Morgan fingerprint density at radius 2 is 2.00 bits per heavy atom. The lowest BCUT2D eigenvalue weighted by Gasteiger charge is -2.46. The third-order valence-corrected chi connectivity index (χ3v) is 4.20. The molecular weight excluding hydrogens is 174 g/mol. The van der Waals surface area contributed by atoms with E-state index in [0.717, 1.165) is 11.8 Å². The molecule has 0 amide bonds. The van der Waals surface area contributed by atoms with Crippen molar-refractivity contribution in [3.8, 4) is 0 Å². The van der Waals surface area contributed by atoms with E-state index in [-0.39, 0.29) is 0 Å². The Kier molecular flexibility index (Phi) is 3.13. The SMILES string of the molecule is CC(C)C1CN(C2CCCC2CO)C1. The average Bonchev–Trinajstić information content (AvgIpc) is 2.48. The van der Waals surface area contributed by atoms with Crippen LogP contribution >= 0.6 is 0 Å². The third kappa shape index (κ3) is 1.82. The molecule has 14 heavy (non-hydrogen) atoms. The van der Waals surface area contributed by atoms with Crippen LogP contribution in [0, 0.1) is 17.8 Å². The van der Waals surface area contributed by atoms with Crippen LogP contribution in [0.3, 0.4) is 0 Å². The van der Waals surface area contributed by atoms with Crippen molar-refractivity contribution in [3.05, 3.63) is 0 Å². The summed E-state index contributed by atoms with van der Waals surface area (Å²) in [4.78, 5) is 2.60. The molecule has 0 radical (unpaired) electrons. The van der Waals surface area contributed by atoms with Crippen LogP contribution in [-0.2, 0) is 0 Å². The topological polar surface area (TPSA) is 23.5 Å². The summed E-state index contributed by atoms with van der Waals surface area (Å²) < 4.78 is 0. The highest BCUT2D eigenvalue weighted by Crippen LogP contribution is 2.35. The zero-order valence-corrected chi connectivity index (χ0v) is 9.45. The Morgan fingerprint density at radius 1 is 1.29 bits per heavy atom. The summed E-state index contributed by atoms with van der Waals surface area (Å²) in [5, 5.41) is 9.25. The van der Waals surface area contributed by atoms with E-state index in [1.165, 1.54) is 32.4 Å². The molecule has 0 aromatic heterocycles. The van der Waals surface area contributed by atoms with Crippen LogP contribution in [0.2, 0.25) is 0 Å². The molecule has 2 heteroatoms. The van der Waals surface area contributed by atoms with Gasteiger partial charge >= 0.3 is 0 Å². The van der Waals surface area contributed by atoms with Gasteiger partial charge in [0.2, 0.25) is 0 Å². The van der Waals surface area contributed by atoms with Crippen LogP contribution in [0.4, 0.5) is 0 Å². The van der Waals surface area contributed by atoms with Gasteiger partial charge in [-0.1, -0.05) is 20.3 Å². The maximum absolute atomic E-state index is 9.25. The summed E-state index contributed by atoms with van der Waals surface area (Å²) in [7, 11) is 0. The maximum atomic E-state index is 9.25. The quantitative estimate of drug-likeness (QED) is 0.745. The zero-order chi connectivity index (χ0) is 10.1. The van der Waals surface area contributed by atoms with Gasteiger partial charge in [0.1, 0.15) is 0 Å². The monoisotopic (exact) mass is 197 g/mol. The minimum atomic E-state index is 0.396. The second-order valence-corrected chi connectivity index (χ2v) is 5.40. The Labute approximate surface area is 87.3 Å². The van der Waals surface area contributed by atoms with Crippen LogP contribution in [0.1, 0.15) is 33.1 Å². The van der Waals surface area contributed by atoms with E-state index < -0.39 is 0 Å². The number of hydrogen-bond acceptors (Lipinski definition) is 2. The van der Waals surface area contributed by atoms with Gasteiger partial charge in [0.15, 0.2) is 0 Å². The van der Waals surface area contributed by atoms with Gasteiger partial charge in [-0.2, -0.15) is 0 Å². The van der Waals surface area contributed by atoms with E-state index in [9.17, 15) is 5.11 Å². The van der Waals surface area contributed by atoms with Gasteiger partial charge in [0.05, 0.1) is 0 Å². The summed E-state index contributed by atoms with van der Waals surface area (Å²) in [6.45, 7) is 7.59. The molecular formula is C12H23NO. The molecule has 1 saturated heterocycles. The molecule has 2 unspecified atom stereocenters. The molecule has 1 N–H and O–H groups in total. The van der Waals surface area contributed by atoms with Gasteiger partial charge in [0, 0.05) is 25.7 Å². The molecule has 2 atom stereocenters. The van der Waals surface area contributed by atoms with Crippen molar-refractivity contribution >= 4 is 0 Å². The highest BCUT2D eigenvalue weighted by Gasteiger charge is 2.39. The van der Waals surface area contributed by atoms with Crippen LogP contribution in [0.25, 0.3) is 0 Å². The molecule has 0 bridgehead atoms. The zero-order valence-electron chi connectivity index (χ0n) is 9.45. The molecule has 2 nitrogen and oxygen atoms in total. The minimum absolute atomic E-state index is 0.396. The average molecular weight is 197 g/mol. The minimum Gasteiger partial charge on any atom is -0.396 e. The lowest BCUT2D eigenvalue weighted by Crippen LogP contribution is -2.55. The normalized spacial score (nSPS) is 35.1. The number of aliphatic hydroxyl groups is 1. The molecule has 1 aliphatic carbocycles. The second kappa shape index (κ2) is 4.19. The molecule has 0 aromatic rings. The molecule has 0 spiro atoms. The van der Waals surface area contributed by atoms with E-state index in [1.807, 2.05) is 0 Å². The van der Waals surface area contributed by atoms with Gasteiger partial charge in [0.25, 0.3) is 0 Å². The molecule has 1 saturated carbocycles. The first-order valence-corrected chi connectivity index (χ1v) is 6.07. The number of nitrogens with zero attached hydrogens (tertiary/aromatic N) is 1. The van der Waals surface area contributed by atoms with Gasteiger partial charge in [-0.05, 0) is 30.6 Å². The van der Waals surface area contributed by atoms with Crippen molar-refractivity contribution in [2.45, 2.75) is 39.2 Å². The van der Waals surface area contributed by atoms with Crippen LogP contribution in [0.15, 0.2) is 0 Å². The van der Waals surface area contributed by atoms with Crippen molar-refractivity contribution in [2.24, 2.45) is 17.8 Å². The lowest BCUT2D eigenvalue weighted by atomic mass is 9.85. The fourth-order valence-electron chi connectivity index (χ4n) is 2.95. The van der Waals surface area contributed by atoms with Gasteiger partial charge < -0.3 is 5.11 Å². The molecule has 0 aromatic carbocycles. The Balaban J connectivity index is 1.81. The molecule has 82 valence electrons. The van der Waals surface area contributed by atoms with E-state index in [0.29, 0.717) is 18.6 Å². The van der Waals surface area contributed by atoms with Crippen LogP contribution in [-0.4, -0.2) is 35.7 Å². The summed E-state index contributed by atoms with van der Waals surface area (Å²) in [6.07, 6.45) is 3.87. The van der Waals surface area contributed by atoms with E-state index in [4.69, 9.17) is 0 Å². The first-order chi connectivity index (χ1) is 6.72. The molecule has 2 rings (SSSR count). The van der Waals surface area contributed by atoms with Crippen molar-refractivity contribution in [3.63, 3.8) is 0 Å². The third-order valence-electron chi connectivity index (χ3n) is 4.20. The standard InChI is InChI=1S/C12H23NO/c1-9(2)11-6-13(7-11)12-5-3-4-10(12)8-14/h9-12,14H,3-8H2,1-2H3. The number of hydrogen-bond donors (Lipinski definition) is 1. The Hall–Kier alpha value is -0.0800. The molecule has 2 aliphatic rings. The predicted molar refractivity (Wildman–Crippen MR) is 58.1 cm³/mol. The second-order valence-electron chi connectivity index (χ2n) is 5.40. The smallest absolute Gasteiger partial charge is 0.0474 e. The van der Waals surface area contributed by atoms with Gasteiger partial charge in [-0.15, -0.1) is 0 Å². The highest BCUT2D eigenvalue weighted by molar-refractivity contribution is 4.92. The van der Waals surface area contributed by atoms with Crippen molar-refractivity contribution in [1.29, 1.82) is 0 Å². The van der Waals surface area contributed by atoms with Crippen molar-refractivity contribution in [2.75, 3.05) is 19.7 Å². The molecule has 1 aliphatic heterocycles. The van der Waals surface area contributed by atoms with Crippen molar-refractivity contribution < 1.29 is 5.11 Å². The fourth-order valence-corrected chi connectivity index (χ4v) is 2.95. The largest absolute Gasteiger partial charge is 0.396 e. The first kappa shape index (κ1) is 10.4. The van der Waals surface area contributed by atoms with Crippen LogP contribution < -0.4 is 0 Å². The van der Waals surface area contributed by atoms with E-state index in [2.05, 4.69) is 18.7 Å². The molecule has 1 heterocycles. The fraction of sp³-hybridized carbons (Fsp3) is 1.00. The lowest BCUT2D eigenvalue weighted by molar-refractivity contribution is 0.00309. The predicted octanol–water partition coefficient (Wildman–Crippen LogP) is 1.74. The highest BCUT2D eigenvalue weighted by atomic mass is 16.3. The van der Waals surface area contributed by atoms with Crippen LogP contribution in [0.5, 0.6) is 0 Å². The summed E-state index contributed by atoms with van der Waals surface area (Å²) >= 11 is 0. The number of aliphatic hydroxyl groups excluding tert-OH is 1.